The first-order chi connectivity index (χ1) is 11.9. The van der Waals surface area contributed by atoms with Crippen LogP contribution in [0.3, 0.4) is 0 Å². The zero-order chi connectivity index (χ0) is 17.9. The van der Waals surface area contributed by atoms with Crippen molar-refractivity contribution in [1.29, 1.82) is 0 Å². The summed E-state index contributed by atoms with van der Waals surface area (Å²) in [4.78, 5) is 12.3. The molecule has 4 nitrogen and oxygen atoms in total. The van der Waals surface area contributed by atoms with Gasteiger partial charge in [0.2, 0.25) is 0 Å². The molecule has 1 heterocycles. The first-order valence-electron chi connectivity index (χ1n) is 7.88. The lowest BCUT2D eigenvalue weighted by molar-refractivity contribution is -0.274. The third-order valence-corrected chi connectivity index (χ3v) is 4.04. The van der Waals surface area contributed by atoms with Crippen LogP contribution in [0.4, 0.5) is 13.2 Å². The molecule has 1 aliphatic rings. The molecule has 1 unspecified atom stereocenters. The first kappa shape index (κ1) is 17.3. The van der Waals surface area contributed by atoms with Gasteiger partial charge in [0.1, 0.15) is 5.75 Å². The molecule has 0 bridgehead atoms. The number of amides is 1. The molecule has 3 rings (SSSR count). The maximum absolute atomic E-state index is 12.5. The van der Waals surface area contributed by atoms with E-state index >= 15 is 0 Å². The number of fused-ring (bicyclic) bond motifs is 1. The SMILES string of the molecule is O=C(NCC1NCCc2ccccc21)c1ccccc1OC(F)(F)F. The lowest BCUT2D eigenvalue weighted by atomic mass is 9.94. The van der Waals surface area contributed by atoms with E-state index in [4.69, 9.17) is 0 Å². The Morgan fingerprint density at radius 2 is 1.88 bits per heavy atom. The maximum Gasteiger partial charge on any atom is 0.573 e. The molecule has 132 valence electrons. The first-order valence-corrected chi connectivity index (χ1v) is 7.88. The van der Waals surface area contributed by atoms with Crippen molar-refractivity contribution in [2.45, 2.75) is 18.8 Å². The summed E-state index contributed by atoms with van der Waals surface area (Å²) in [6, 6.07) is 13.1. The average molecular weight is 350 g/mol. The molecule has 1 aliphatic heterocycles. The minimum Gasteiger partial charge on any atom is -0.405 e. The minimum atomic E-state index is -4.85. The highest BCUT2D eigenvalue weighted by Gasteiger charge is 2.33. The Labute approximate surface area is 143 Å². The fourth-order valence-electron chi connectivity index (χ4n) is 2.93. The predicted octanol–water partition coefficient (Wildman–Crippen LogP) is 3.20. The van der Waals surface area contributed by atoms with Gasteiger partial charge in [-0.1, -0.05) is 36.4 Å². The lowest BCUT2D eigenvalue weighted by Gasteiger charge is -2.27. The van der Waals surface area contributed by atoms with Crippen LogP contribution in [0.2, 0.25) is 0 Å². The number of para-hydroxylation sites is 1. The smallest absolute Gasteiger partial charge is 0.405 e. The number of alkyl halides is 3. The fraction of sp³-hybridized carbons (Fsp3) is 0.278. The normalized spacial score (nSPS) is 16.8. The van der Waals surface area contributed by atoms with Crippen LogP contribution in [0.1, 0.15) is 27.5 Å². The Balaban J connectivity index is 1.70. The van der Waals surface area contributed by atoms with Crippen LogP contribution in [0.15, 0.2) is 48.5 Å². The van der Waals surface area contributed by atoms with Gasteiger partial charge in [0.05, 0.1) is 5.56 Å². The van der Waals surface area contributed by atoms with Gasteiger partial charge in [-0.2, -0.15) is 0 Å². The number of benzene rings is 2. The monoisotopic (exact) mass is 350 g/mol. The Hall–Kier alpha value is -2.54. The molecular formula is C18H17F3N2O2. The molecule has 1 amide bonds. The van der Waals surface area contributed by atoms with Crippen molar-refractivity contribution in [3.63, 3.8) is 0 Å². The number of nitrogens with one attached hydrogen (secondary N) is 2. The summed E-state index contributed by atoms with van der Waals surface area (Å²) in [6.45, 7) is 1.06. The molecule has 0 fully saturated rings. The molecular weight excluding hydrogens is 333 g/mol. The Morgan fingerprint density at radius 1 is 1.16 bits per heavy atom. The van der Waals surface area contributed by atoms with Crippen molar-refractivity contribution < 1.29 is 22.7 Å². The van der Waals surface area contributed by atoms with Crippen molar-refractivity contribution in [2.75, 3.05) is 13.1 Å². The summed E-state index contributed by atoms with van der Waals surface area (Å²) >= 11 is 0. The van der Waals surface area contributed by atoms with Crippen LogP contribution in [-0.4, -0.2) is 25.4 Å². The van der Waals surface area contributed by atoms with E-state index in [2.05, 4.69) is 15.4 Å². The topological polar surface area (TPSA) is 50.4 Å². The van der Waals surface area contributed by atoms with Crippen molar-refractivity contribution in [3.05, 3.63) is 65.2 Å². The van der Waals surface area contributed by atoms with Gasteiger partial charge in [0.25, 0.3) is 5.91 Å². The second-order valence-corrected chi connectivity index (χ2v) is 5.71. The van der Waals surface area contributed by atoms with Gasteiger partial charge >= 0.3 is 6.36 Å². The zero-order valence-corrected chi connectivity index (χ0v) is 13.3. The van der Waals surface area contributed by atoms with E-state index < -0.39 is 18.0 Å². The Kier molecular flexibility index (Phi) is 4.94. The van der Waals surface area contributed by atoms with Crippen molar-refractivity contribution in [2.24, 2.45) is 0 Å². The molecule has 0 aliphatic carbocycles. The van der Waals surface area contributed by atoms with Crippen LogP contribution < -0.4 is 15.4 Å². The van der Waals surface area contributed by atoms with Crippen molar-refractivity contribution >= 4 is 5.91 Å². The molecule has 0 saturated carbocycles. The molecule has 0 radical (unpaired) electrons. The quantitative estimate of drug-likeness (QED) is 0.890. The van der Waals surface area contributed by atoms with Crippen LogP contribution in [0.25, 0.3) is 0 Å². The van der Waals surface area contributed by atoms with Gasteiger partial charge in [0.15, 0.2) is 0 Å². The van der Waals surface area contributed by atoms with E-state index in [1.54, 1.807) is 0 Å². The fourth-order valence-corrected chi connectivity index (χ4v) is 2.93. The molecule has 25 heavy (non-hydrogen) atoms. The molecule has 2 aromatic rings. The van der Waals surface area contributed by atoms with E-state index in [1.165, 1.54) is 23.8 Å². The number of rotatable bonds is 4. The van der Waals surface area contributed by atoms with E-state index in [0.717, 1.165) is 24.6 Å². The number of hydrogen-bond donors (Lipinski definition) is 2. The van der Waals surface area contributed by atoms with Gasteiger partial charge in [-0.3, -0.25) is 4.79 Å². The Bertz CT molecular complexity index is 762. The number of ether oxygens (including phenoxy) is 1. The van der Waals surface area contributed by atoms with E-state index in [1.807, 2.05) is 24.3 Å². The zero-order valence-electron chi connectivity index (χ0n) is 13.3. The van der Waals surface area contributed by atoms with Crippen LogP contribution in [0.5, 0.6) is 5.75 Å². The van der Waals surface area contributed by atoms with Crippen molar-refractivity contribution in [1.82, 2.24) is 10.6 Å². The number of halogens is 3. The van der Waals surface area contributed by atoms with Gasteiger partial charge in [-0.25, -0.2) is 0 Å². The highest BCUT2D eigenvalue weighted by molar-refractivity contribution is 5.96. The third-order valence-electron chi connectivity index (χ3n) is 4.04. The molecule has 0 spiro atoms. The van der Waals surface area contributed by atoms with Crippen LogP contribution in [-0.2, 0) is 6.42 Å². The average Bonchev–Trinajstić information content (AvgIpc) is 2.58. The molecule has 1 atom stereocenters. The van der Waals surface area contributed by atoms with Crippen LogP contribution in [0, 0.1) is 0 Å². The number of carbonyl (C=O) groups excluding carboxylic acids is 1. The van der Waals surface area contributed by atoms with E-state index in [-0.39, 0.29) is 18.2 Å². The standard InChI is InChI=1S/C18H17F3N2O2/c19-18(20,21)25-16-8-4-3-7-14(16)17(24)23-11-15-13-6-2-1-5-12(13)9-10-22-15/h1-8,15,22H,9-11H2,(H,23,24). The van der Waals surface area contributed by atoms with Crippen LogP contribution >= 0.6 is 0 Å². The molecule has 0 saturated heterocycles. The minimum absolute atomic E-state index is 0.0791. The number of hydrogen-bond acceptors (Lipinski definition) is 3. The van der Waals surface area contributed by atoms with Gasteiger partial charge in [-0.05, 0) is 36.2 Å². The van der Waals surface area contributed by atoms with Gasteiger partial charge < -0.3 is 15.4 Å². The second kappa shape index (κ2) is 7.14. The maximum atomic E-state index is 12.5. The van der Waals surface area contributed by atoms with Gasteiger partial charge in [-0.15, -0.1) is 13.2 Å². The molecule has 7 heteroatoms. The second-order valence-electron chi connectivity index (χ2n) is 5.71. The third kappa shape index (κ3) is 4.30. The number of carbonyl (C=O) groups is 1. The highest BCUT2D eigenvalue weighted by atomic mass is 19.4. The summed E-state index contributed by atoms with van der Waals surface area (Å²) in [7, 11) is 0. The van der Waals surface area contributed by atoms with E-state index in [0.29, 0.717) is 0 Å². The summed E-state index contributed by atoms with van der Waals surface area (Å²) in [5.74, 6) is -1.12. The Morgan fingerprint density at radius 3 is 2.68 bits per heavy atom. The van der Waals surface area contributed by atoms with Gasteiger partial charge in [0, 0.05) is 12.6 Å². The summed E-state index contributed by atoms with van der Waals surface area (Å²) in [6.07, 6.45) is -3.94. The molecule has 2 N–H and O–H groups in total. The highest BCUT2D eigenvalue weighted by Crippen LogP contribution is 2.26. The van der Waals surface area contributed by atoms with E-state index in [9.17, 15) is 18.0 Å². The summed E-state index contributed by atoms with van der Waals surface area (Å²) in [5.41, 5.74) is 2.15. The summed E-state index contributed by atoms with van der Waals surface area (Å²) in [5, 5.41) is 6.00. The molecule has 2 aromatic carbocycles. The largest absolute Gasteiger partial charge is 0.573 e. The van der Waals surface area contributed by atoms with Crippen molar-refractivity contribution in [3.8, 4) is 5.75 Å². The molecule has 0 aromatic heterocycles. The lowest BCUT2D eigenvalue weighted by Crippen LogP contribution is -2.39. The predicted molar refractivity (Wildman–Crippen MR) is 86.3 cm³/mol. The summed E-state index contributed by atoms with van der Waals surface area (Å²) < 4.78 is 41.3.